The van der Waals surface area contributed by atoms with Crippen molar-refractivity contribution in [3.05, 3.63) is 75.8 Å². The van der Waals surface area contributed by atoms with E-state index in [1.54, 1.807) is 20.8 Å². The first kappa shape index (κ1) is 26.5. The topological polar surface area (TPSA) is 154 Å². The van der Waals surface area contributed by atoms with Crippen LogP contribution >= 0.6 is 0 Å². The van der Waals surface area contributed by atoms with Crippen molar-refractivity contribution in [2.45, 2.75) is 45.9 Å². The number of non-ortho nitro benzene ring substituents is 1. The third-order valence-corrected chi connectivity index (χ3v) is 5.00. The van der Waals surface area contributed by atoms with Crippen LogP contribution in [0.3, 0.4) is 0 Å². The highest BCUT2D eigenvalue weighted by molar-refractivity contribution is 5.91. The molecule has 2 rings (SSSR count). The molecule has 0 spiro atoms. The highest BCUT2D eigenvalue weighted by atomic mass is 16.6. The quantitative estimate of drug-likeness (QED) is 0.272. The summed E-state index contributed by atoms with van der Waals surface area (Å²) < 4.78 is 5.15. The van der Waals surface area contributed by atoms with Gasteiger partial charge in [-0.05, 0) is 23.0 Å². The van der Waals surface area contributed by atoms with Crippen LogP contribution in [0, 0.1) is 15.5 Å². The number of hydrogen-bond donors (Lipinski definition) is 3. The van der Waals surface area contributed by atoms with Crippen LogP contribution in [0.2, 0.25) is 0 Å². The number of benzene rings is 2. The van der Waals surface area contributed by atoms with Gasteiger partial charge in [0.1, 0.15) is 19.2 Å². The summed E-state index contributed by atoms with van der Waals surface area (Å²) in [5, 5.41) is 15.9. The van der Waals surface area contributed by atoms with Gasteiger partial charge in [-0.1, -0.05) is 63.2 Å². The van der Waals surface area contributed by atoms with Crippen LogP contribution in [0.5, 0.6) is 0 Å². The molecule has 2 aromatic carbocycles. The smallest absolute Gasteiger partial charge is 0.325 e. The van der Waals surface area contributed by atoms with Gasteiger partial charge in [0.2, 0.25) is 11.8 Å². The van der Waals surface area contributed by atoms with Gasteiger partial charge >= 0.3 is 5.97 Å². The molecular weight excluding hydrogens is 440 g/mol. The van der Waals surface area contributed by atoms with Crippen molar-refractivity contribution >= 4 is 23.5 Å². The van der Waals surface area contributed by atoms with E-state index < -0.39 is 40.2 Å². The summed E-state index contributed by atoms with van der Waals surface area (Å²) in [4.78, 5) is 47.7. The molecule has 10 nitrogen and oxygen atoms in total. The van der Waals surface area contributed by atoms with Crippen molar-refractivity contribution in [3.63, 3.8) is 0 Å². The maximum atomic E-state index is 12.7. The van der Waals surface area contributed by atoms with Gasteiger partial charge in [0, 0.05) is 12.1 Å². The molecule has 0 bridgehead atoms. The van der Waals surface area contributed by atoms with Gasteiger partial charge in [0.15, 0.2) is 0 Å². The third-order valence-electron chi connectivity index (χ3n) is 5.00. The molecule has 0 aromatic heterocycles. The molecule has 2 amide bonds. The third kappa shape index (κ3) is 8.28. The highest BCUT2D eigenvalue weighted by Gasteiger charge is 2.34. The molecule has 0 radical (unpaired) electrons. The van der Waals surface area contributed by atoms with E-state index in [4.69, 9.17) is 10.5 Å². The zero-order valence-electron chi connectivity index (χ0n) is 19.4. The van der Waals surface area contributed by atoms with Gasteiger partial charge in [0.25, 0.3) is 5.69 Å². The number of nitro benzene ring substituents is 1. The average Bonchev–Trinajstić information content (AvgIpc) is 2.79. The number of nitrogens with two attached hydrogens (primary N) is 1. The lowest BCUT2D eigenvalue weighted by atomic mass is 9.85. The molecule has 2 aromatic rings. The lowest BCUT2D eigenvalue weighted by Crippen LogP contribution is -2.57. The van der Waals surface area contributed by atoms with Crippen LogP contribution < -0.4 is 16.4 Å². The van der Waals surface area contributed by atoms with Crippen LogP contribution in [0.4, 0.5) is 5.69 Å². The number of amides is 2. The largest absolute Gasteiger partial charge is 0.460 e. The predicted molar refractivity (Wildman–Crippen MR) is 125 cm³/mol. The Morgan fingerprint density at radius 2 is 1.62 bits per heavy atom. The predicted octanol–water partition coefficient (Wildman–Crippen LogP) is 1.86. The SMILES string of the molecule is CC(C)(C)[C@H](NC(=O)[C@@H](N)Cc1ccc([N+](=O)[O-])cc1)C(=O)NCC(=O)OCc1ccccc1. The van der Waals surface area contributed by atoms with E-state index in [9.17, 15) is 24.5 Å². The second kappa shape index (κ2) is 11.9. The molecule has 0 heterocycles. The van der Waals surface area contributed by atoms with Gasteiger partial charge in [-0.25, -0.2) is 0 Å². The minimum absolute atomic E-state index is 0.0615. The molecule has 10 heteroatoms. The molecule has 4 N–H and O–H groups in total. The molecule has 0 fully saturated rings. The molecule has 0 aliphatic carbocycles. The van der Waals surface area contributed by atoms with Crippen LogP contribution in [-0.2, 0) is 32.1 Å². The normalized spacial score (nSPS) is 12.8. The lowest BCUT2D eigenvalue weighted by Gasteiger charge is -2.31. The Balaban J connectivity index is 1.90. The summed E-state index contributed by atoms with van der Waals surface area (Å²) in [5.41, 5.74) is 6.74. The fourth-order valence-electron chi connectivity index (χ4n) is 3.08. The van der Waals surface area contributed by atoms with E-state index in [0.717, 1.165) is 5.56 Å². The fourth-order valence-corrected chi connectivity index (χ4v) is 3.08. The summed E-state index contributed by atoms with van der Waals surface area (Å²) in [5.74, 6) is -1.70. The Morgan fingerprint density at radius 1 is 1.00 bits per heavy atom. The zero-order chi connectivity index (χ0) is 25.3. The number of hydrogen-bond acceptors (Lipinski definition) is 7. The molecule has 0 aliphatic heterocycles. The average molecular weight is 471 g/mol. The summed E-state index contributed by atoms with van der Waals surface area (Å²) in [6.45, 7) is 5.06. The summed E-state index contributed by atoms with van der Waals surface area (Å²) in [7, 11) is 0. The summed E-state index contributed by atoms with van der Waals surface area (Å²) >= 11 is 0. The van der Waals surface area contributed by atoms with E-state index in [0.29, 0.717) is 5.56 Å². The van der Waals surface area contributed by atoms with Gasteiger partial charge < -0.3 is 21.1 Å². The fraction of sp³-hybridized carbons (Fsp3) is 0.375. The van der Waals surface area contributed by atoms with E-state index in [2.05, 4.69) is 10.6 Å². The number of esters is 1. The first-order valence-corrected chi connectivity index (χ1v) is 10.7. The minimum atomic E-state index is -0.977. The summed E-state index contributed by atoms with van der Waals surface area (Å²) in [6.07, 6.45) is 0.133. The molecule has 0 aliphatic rings. The van der Waals surface area contributed by atoms with E-state index >= 15 is 0 Å². The second-order valence-electron chi connectivity index (χ2n) is 8.91. The highest BCUT2D eigenvalue weighted by Crippen LogP contribution is 2.20. The van der Waals surface area contributed by atoms with Crippen LogP contribution in [0.1, 0.15) is 31.9 Å². The van der Waals surface area contributed by atoms with Gasteiger partial charge in [-0.3, -0.25) is 24.5 Å². The number of carbonyl (C=O) groups excluding carboxylic acids is 3. The first-order chi connectivity index (χ1) is 16.0. The van der Waals surface area contributed by atoms with Crippen molar-refractivity contribution in [2.75, 3.05) is 6.54 Å². The molecule has 0 unspecified atom stereocenters. The molecule has 182 valence electrons. The maximum absolute atomic E-state index is 12.7. The van der Waals surface area contributed by atoms with Crippen LogP contribution in [0.25, 0.3) is 0 Å². The summed E-state index contributed by atoms with van der Waals surface area (Å²) in [6, 6.07) is 12.9. The Bertz CT molecular complexity index is 1000. The van der Waals surface area contributed by atoms with Crippen LogP contribution in [0.15, 0.2) is 54.6 Å². The van der Waals surface area contributed by atoms with Gasteiger partial charge in [-0.2, -0.15) is 0 Å². The standard InChI is InChI=1S/C24H30N4O6/c1-24(2,3)21(23(31)26-14-20(29)34-15-17-7-5-4-6-8-17)27-22(30)19(25)13-16-9-11-18(12-10-16)28(32)33/h4-12,19,21H,13-15,25H2,1-3H3,(H,26,31)(H,27,30)/t19-,21+/m0/s1. The number of ether oxygens (including phenoxy) is 1. The number of carbonyl (C=O) groups is 3. The first-order valence-electron chi connectivity index (χ1n) is 10.7. The van der Waals surface area contributed by atoms with Crippen molar-refractivity contribution in [1.82, 2.24) is 10.6 Å². The molecule has 34 heavy (non-hydrogen) atoms. The minimum Gasteiger partial charge on any atom is -0.460 e. The Morgan fingerprint density at radius 3 is 2.18 bits per heavy atom. The number of nitrogens with one attached hydrogen (secondary N) is 2. The number of rotatable bonds is 10. The van der Waals surface area contributed by atoms with Crippen LogP contribution in [-0.4, -0.2) is 41.3 Å². The molecule has 0 saturated carbocycles. The van der Waals surface area contributed by atoms with E-state index in [-0.39, 0.29) is 25.3 Å². The Hall–Kier alpha value is -3.79. The Labute approximate surface area is 198 Å². The number of nitrogens with zero attached hydrogens (tertiary/aromatic N) is 1. The van der Waals surface area contributed by atoms with Gasteiger partial charge in [0.05, 0.1) is 11.0 Å². The molecular formula is C24H30N4O6. The maximum Gasteiger partial charge on any atom is 0.325 e. The van der Waals surface area contributed by atoms with Crippen molar-refractivity contribution in [2.24, 2.45) is 11.1 Å². The monoisotopic (exact) mass is 470 g/mol. The van der Waals surface area contributed by atoms with Crippen molar-refractivity contribution in [3.8, 4) is 0 Å². The van der Waals surface area contributed by atoms with E-state index in [1.807, 2.05) is 30.3 Å². The van der Waals surface area contributed by atoms with Gasteiger partial charge in [-0.15, -0.1) is 0 Å². The van der Waals surface area contributed by atoms with Crippen molar-refractivity contribution < 1.29 is 24.0 Å². The Kier molecular flexibility index (Phi) is 9.26. The second-order valence-corrected chi connectivity index (χ2v) is 8.91. The molecule has 2 atom stereocenters. The number of nitro groups is 1. The lowest BCUT2D eigenvalue weighted by molar-refractivity contribution is -0.384. The van der Waals surface area contributed by atoms with Crippen molar-refractivity contribution in [1.29, 1.82) is 0 Å². The van der Waals surface area contributed by atoms with E-state index in [1.165, 1.54) is 24.3 Å². The zero-order valence-corrected chi connectivity index (χ0v) is 19.4. The molecule has 0 saturated heterocycles.